The van der Waals surface area contributed by atoms with Crippen LogP contribution in [0, 0.1) is 6.42 Å². The third-order valence-electron chi connectivity index (χ3n) is 6.12. The zero-order valence-corrected chi connectivity index (χ0v) is 17.9. The second-order valence-electron chi connectivity index (χ2n) is 8.15. The number of nitrogens with zero attached hydrogens (tertiary/aromatic N) is 2. The van der Waals surface area contributed by atoms with Gasteiger partial charge in [0.15, 0.2) is 0 Å². The highest BCUT2D eigenvalue weighted by Crippen LogP contribution is 2.38. The highest BCUT2D eigenvalue weighted by atomic mass is 35.5. The Kier molecular flexibility index (Phi) is 7.36. The summed E-state index contributed by atoms with van der Waals surface area (Å²) in [7, 11) is 0. The van der Waals surface area contributed by atoms with Crippen LogP contribution in [0.5, 0.6) is 0 Å². The average Bonchev–Trinajstić information content (AvgIpc) is 2.73. The molecule has 0 aliphatic carbocycles. The van der Waals surface area contributed by atoms with Gasteiger partial charge in [0.05, 0.1) is 28.7 Å². The second kappa shape index (κ2) is 9.65. The van der Waals surface area contributed by atoms with Crippen LogP contribution < -0.4 is 11.5 Å². The molecule has 2 aliphatic rings. The van der Waals surface area contributed by atoms with Gasteiger partial charge in [0.1, 0.15) is 0 Å². The van der Waals surface area contributed by atoms with E-state index in [4.69, 9.17) is 23.1 Å². The van der Waals surface area contributed by atoms with Crippen molar-refractivity contribution in [2.75, 3.05) is 25.4 Å². The van der Waals surface area contributed by atoms with E-state index in [1.54, 1.807) is 4.90 Å². The monoisotopic (exact) mass is 459 g/mol. The Morgan fingerprint density at radius 3 is 2.42 bits per heavy atom. The molecule has 2 saturated heterocycles. The van der Waals surface area contributed by atoms with Crippen LogP contribution >= 0.6 is 11.6 Å². The summed E-state index contributed by atoms with van der Waals surface area (Å²) in [6.07, 6.45) is 1.03. The van der Waals surface area contributed by atoms with Gasteiger partial charge in [-0.1, -0.05) is 18.0 Å². The van der Waals surface area contributed by atoms with Crippen molar-refractivity contribution >= 4 is 29.1 Å². The standard InChI is InChI=1S/C21H27ClF3N4O2/c22-16-12-13(11-15(19(16)26)21(23,24)25)4-5-18(30)28-9-6-14(7-10-28)29-8-2-1-3-17(29)20(27)31/h5,11-12,14,17H,1-4,6-10,26H2,(H2,27,31). The molecule has 1 atom stereocenters. The first-order valence-electron chi connectivity index (χ1n) is 10.4. The lowest BCUT2D eigenvalue weighted by Crippen LogP contribution is -2.55. The van der Waals surface area contributed by atoms with Crippen molar-refractivity contribution in [1.82, 2.24) is 9.80 Å². The van der Waals surface area contributed by atoms with Crippen LogP contribution in [0.4, 0.5) is 18.9 Å². The van der Waals surface area contributed by atoms with Gasteiger partial charge in [-0.15, -0.1) is 0 Å². The Bertz CT molecular complexity index is 826. The van der Waals surface area contributed by atoms with E-state index in [1.165, 1.54) is 12.5 Å². The van der Waals surface area contributed by atoms with Gasteiger partial charge in [-0.05, 0) is 56.3 Å². The number of likely N-dealkylation sites (tertiary alicyclic amines) is 2. The number of benzene rings is 1. The normalized spacial score (nSPS) is 21.3. The molecule has 1 aromatic carbocycles. The highest BCUT2D eigenvalue weighted by Gasteiger charge is 2.36. The number of nitrogen functional groups attached to an aromatic ring is 1. The number of primary amides is 1. The van der Waals surface area contributed by atoms with Crippen LogP contribution in [-0.4, -0.2) is 53.3 Å². The van der Waals surface area contributed by atoms with E-state index in [0.29, 0.717) is 13.1 Å². The summed E-state index contributed by atoms with van der Waals surface area (Å²) in [5, 5.41) is -0.183. The molecule has 1 unspecified atom stereocenters. The minimum Gasteiger partial charge on any atom is -0.397 e. The van der Waals surface area contributed by atoms with Gasteiger partial charge in [0, 0.05) is 19.1 Å². The summed E-state index contributed by atoms with van der Waals surface area (Å²) in [6.45, 7) is 1.88. The lowest BCUT2D eigenvalue weighted by molar-refractivity contribution is -0.137. The second-order valence-corrected chi connectivity index (χ2v) is 8.56. The van der Waals surface area contributed by atoms with Crippen molar-refractivity contribution in [3.63, 3.8) is 0 Å². The molecular formula is C21H27ClF3N4O2. The summed E-state index contributed by atoms with van der Waals surface area (Å²) in [6, 6.07) is 2.23. The molecule has 2 fully saturated rings. The van der Waals surface area contributed by atoms with E-state index in [9.17, 15) is 22.8 Å². The van der Waals surface area contributed by atoms with Gasteiger partial charge in [-0.3, -0.25) is 14.5 Å². The molecule has 2 heterocycles. The summed E-state index contributed by atoms with van der Waals surface area (Å²) in [4.78, 5) is 28.2. The van der Waals surface area contributed by atoms with Crippen molar-refractivity contribution < 1.29 is 22.8 Å². The van der Waals surface area contributed by atoms with Crippen LogP contribution in [0.15, 0.2) is 12.1 Å². The van der Waals surface area contributed by atoms with Crippen molar-refractivity contribution in [3.05, 3.63) is 34.7 Å². The third kappa shape index (κ3) is 5.63. The molecule has 0 spiro atoms. The van der Waals surface area contributed by atoms with Crippen LogP contribution in [-0.2, 0) is 22.2 Å². The number of hydrogen-bond donors (Lipinski definition) is 2. The molecule has 0 saturated carbocycles. The molecule has 1 aromatic rings. The van der Waals surface area contributed by atoms with Crippen LogP contribution in [0.2, 0.25) is 5.02 Å². The van der Waals surface area contributed by atoms with Gasteiger partial charge >= 0.3 is 6.18 Å². The van der Waals surface area contributed by atoms with E-state index in [2.05, 4.69) is 4.90 Å². The van der Waals surface area contributed by atoms with Crippen LogP contribution in [0.25, 0.3) is 0 Å². The predicted molar refractivity (Wildman–Crippen MR) is 112 cm³/mol. The minimum absolute atomic E-state index is 0.0255. The molecular weight excluding hydrogens is 433 g/mol. The number of halogens is 4. The molecule has 6 nitrogen and oxygen atoms in total. The zero-order valence-electron chi connectivity index (χ0n) is 17.1. The maximum Gasteiger partial charge on any atom is 0.418 e. The van der Waals surface area contributed by atoms with E-state index < -0.39 is 17.4 Å². The quantitative estimate of drug-likeness (QED) is 0.662. The number of anilines is 1. The zero-order chi connectivity index (χ0) is 22.8. The third-order valence-corrected chi connectivity index (χ3v) is 6.44. The Hall–Kier alpha value is -2.00. The molecule has 31 heavy (non-hydrogen) atoms. The van der Waals surface area contributed by atoms with E-state index in [1.807, 2.05) is 0 Å². The molecule has 0 bridgehead atoms. The number of alkyl halides is 3. The summed E-state index contributed by atoms with van der Waals surface area (Å²) in [5.74, 6) is -0.531. The molecule has 2 amide bonds. The molecule has 2 aliphatic heterocycles. The Morgan fingerprint density at radius 1 is 1.13 bits per heavy atom. The fourth-order valence-corrected chi connectivity index (χ4v) is 4.72. The number of amides is 2. The van der Waals surface area contributed by atoms with Crippen LogP contribution in [0.3, 0.4) is 0 Å². The Labute approximate surface area is 184 Å². The Morgan fingerprint density at radius 2 is 1.81 bits per heavy atom. The SMILES string of the molecule is NC(=O)C1CCCCN1C1CCN(C(=O)[CH]Cc2cc(Cl)c(N)c(C(F)(F)F)c2)CC1. The number of hydrogen-bond acceptors (Lipinski definition) is 4. The number of carbonyl (C=O) groups is 2. The van der Waals surface area contributed by atoms with Gasteiger partial charge < -0.3 is 16.4 Å². The topological polar surface area (TPSA) is 92.7 Å². The van der Waals surface area contributed by atoms with Crippen molar-refractivity contribution in [2.24, 2.45) is 5.73 Å². The molecule has 0 aromatic heterocycles. The van der Waals surface area contributed by atoms with Crippen LogP contribution in [0.1, 0.15) is 43.2 Å². The number of rotatable bonds is 5. The van der Waals surface area contributed by atoms with Crippen molar-refractivity contribution in [2.45, 2.75) is 56.8 Å². The summed E-state index contributed by atoms with van der Waals surface area (Å²) in [5.41, 5.74) is 9.75. The van der Waals surface area contributed by atoms with Crippen molar-refractivity contribution in [3.8, 4) is 0 Å². The minimum atomic E-state index is -4.62. The summed E-state index contributed by atoms with van der Waals surface area (Å²) >= 11 is 5.84. The first-order chi connectivity index (χ1) is 14.6. The van der Waals surface area contributed by atoms with E-state index in [0.717, 1.165) is 44.7 Å². The number of carbonyl (C=O) groups excluding carboxylic acids is 2. The molecule has 3 rings (SSSR count). The first-order valence-corrected chi connectivity index (χ1v) is 10.8. The Balaban J connectivity index is 1.55. The van der Waals surface area contributed by atoms with Gasteiger partial charge in [-0.25, -0.2) is 0 Å². The molecule has 4 N–H and O–H groups in total. The lowest BCUT2D eigenvalue weighted by Gasteiger charge is -2.43. The predicted octanol–water partition coefficient (Wildman–Crippen LogP) is 3.02. The first kappa shape index (κ1) is 23.7. The molecule has 1 radical (unpaired) electrons. The maximum atomic E-state index is 13.1. The summed E-state index contributed by atoms with van der Waals surface area (Å²) < 4.78 is 39.3. The van der Waals surface area contributed by atoms with Gasteiger partial charge in [0.2, 0.25) is 11.8 Å². The van der Waals surface area contributed by atoms with E-state index >= 15 is 0 Å². The highest BCUT2D eigenvalue weighted by molar-refractivity contribution is 6.33. The number of piperidine rings is 2. The number of nitrogens with two attached hydrogens (primary N) is 2. The van der Waals surface area contributed by atoms with E-state index in [-0.39, 0.29) is 40.9 Å². The smallest absolute Gasteiger partial charge is 0.397 e. The van der Waals surface area contributed by atoms with Gasteiger partial charge in [-0.2, -0.15) is 13.2 Å². The lowest BCUT2D eigenvalue weighted by atomic mass is 9.94. The molecule has 10 heteroatoms. The average molecular weight is 460 g/mol. The molecule has 171 valence electrons. The van der Waals surface area contributed by atoms with Crippen molar-refractivity contribution in [1.29, 1.82) is 0 Å². The maximum absolute atomic E-state index is 13.1. The fourth-order valence-electron chi connectivity index (χ4n) is 4.47. The fraction of sp³-hybridized carbons (Fsp3) is 0.571. The largest absolute Gasteiger partial charge is 0.418 e. The van der Waals surface area contributed by atoms with Gasteiger partial charge in [0.25, 0.3) is 0 Å².